The van der Waals surface area contributed by atoms with Crippen molar-refractivity contribution in [2.24, 2.45) is 0 Å². The molecule has 0 unspecified atom stereocenters. The van der Waals surface area contributed by atoms with Gasteiger partial charge in [0, 0.05) is 5.56 Å². The van der Waals surface area contributed by atoms with Crippen molar-refractivity contribution in [3.8, 4) is 11.5 Å². The van der Waals surface area contributed by atoms with E-state index in [-0.39, 0.29) is 17.4 Å². The van der Waals surface area contributed by atoms with E-state index in [1.165, 1.54) is 6.07 Å². The monoisotopic (exact) mass is 230 g/mol. The summed E-state index contributed by atoms with van der Waals surface area (Å²) in [7, 11) is 0. The number of hydrogen-bond acceptors (Lipinski definition) is 2. The van der Waals surface area contributed by atoms with Crippen LogP contribution >= 0.6 is 15.9 Å². The second-order valence-corrected chi connectivity index (χ2v) is 3.87. The van der Waals surface area contributed by atoms with Gasteiger partial charge in [-0.15, -0.1) is 0 Å². The van der Waals surface area contributed by atoms with Gasteiger partial charge in [0.25, 0.3) is 0 Å². The molecule has 0 heterocycles. The zero-order valence-corrected chi connectivity index (χ0v) is 8.59. The van der Waals surface area contributed by atoms with Crippen molar-refractivity contribution >= 4 is 15.9 Å². The van der Waals surface area contributed by atoms with Crippen LogP contribution in [-0.4, -0.2) is 10.2 Å². The largest absolute Gasteiger partial charge is 0.508 e. The standard InChI is InChI=1S/C9H11BrO2/c1-5(2)7-3-6(11)4-8(10)9(7)12/h3-5,11-12H,1-2H3. The molecule has 0 aliphatic carbocycles. The van der Waals surface area contributed by atoms with Crippen molar-refractivity contribution in [1.29, 1.82) is 0 Å². The molecule has 0 saturated carbocycles. The Hall–Kier alpha value is -0.700. The molecule has 0 radical (unpaired) electrons. The molecule has 0 aliphatic rings. The van der Waals surface area contributed by atoms with Crippen LogP contribution in [0.15, 0.2) is 16.6 Å². The Bertz CT molecular complexity index is 295. The second kappa shape index (κ2) is 3.35. The van der Waals surface area contributed by atoms with Crippen LogP contribution in [0.1, 0.15) is 25.3 Å². The third-order valence-corrected chi connectivity index (χ3v) is 2.30. The van der Waals surface area contributed by atoms with Gasteiger partial charge in [-0.1, -0.05) is 13.8 Å². The molecule has 0 aliphatic heterocycles. The molecule has 2 N–H and O–H groups in total. The Kier molecular flexibility index (Phi) is 2.62. The smallest absolute Gasteiger partial charge is 0.133 e. The van der Waals surface area contributed by atoms with Crippen LogP contribution in [0, 0.1) is 0 Å². The summed E-state index contributed by atoms with van der Waals surface area (Å²) in [5.74, 6) is 0.583. The van der Waals surface area contributed by atoms with Crippen LogP contribution in [0.3, 0.4) is 0 Å². The number of hydrogen-bond donors (Lipinski definition) is 2. The minimum Gasteiger partial charge on any atom is -0.508 e. The molecule has 0 amide bonds. The SMILES string of the molecule is CC(C)c1cc(O)cc(Br)c1O. The van der Waals surface area contributed by atoms with E-state index in [4.69, 9.17) is 0 Å². The van der Waals surface area contributed by atoms with Crippen molar-refractivity contribution in [2.75, 3.05) is 0 Å². The van der Waals surface area contributed by atoms with Gasteiger partial charge in [-0.05, 0) is 34.0 Å². The van der Waals surface area contributed by atoms with Crippen LogP contribution < -0.4 is 0 Å². The molecule has 1 rings (SSSR count). The van der Waals surface area contributed by atoms with Gasteiger partial charge < -0.3 is 10.2 Å². The third kappa shape index (κ3) is 1.72. The lowest BCUT2D eigenvalue weighted by molar-refractivity contribution is 0.448. The summed E-state index contributed by atoms with van der Waals surface area (Å²) in [4.78, 5) is 0. The molecule has 1 aromatic carbocycles. The van der Waals surface area contributed by atoms with Gasteiger partial charge in [0.05, 0.1) is 4.47 Å². The van der Waals surface area contributed by atoms with Gasteiger partial charge in [0.1, 0.15) is 11.5 Å². The summed E-state index contributed by atoms with van der Waals surface area (Å²) in [6.45, 7) is 3.92. The highest BCUT2D eigenvalue weighted by Crippen LogP contribution is 2.35. The lowest BCUT2D eigenvalue weighted by atomic mass is 10.0. The Morgan fingerprint density at radius 3 is 2.33 bits per heavy atom. The minimum absolute atomic E-state index is 0.170. The fourth-order valence-electron chi connectivity index (χ4n) is 1.05. The number of benzene rings is 1. The van der Waals surface area contributed by atoms with Gasteiger partial charge in [-0.3, -0.25) is 0 Å². The number of phenols is 2. The summed E-state index contributed by atoms with van der Waals surface area (Å²) in [5.41, 5.74) is 0.752. The lowest BCUT2D eigenvalue weighted by Gasteiger charge is -2.09. The maximum Gasteiger partial charge on any atom is 0.133 e. The molecule has 66 valence electrons. The average molecular weight is 231 g/mol. The summed E-state index contributed by atoms with van der Waals surface area (Å²) in [6, 6.07) is 3.05. The fraction of sp³-hybridized carbons (Fsp3) is 0.333. The van der Waals surface area contributed by atoms with Crippen molar-refractivity contribution in [3.63, 3.8) is 0 Å². The van der Waals surface area contributed by atoms with Crippen LogP contribution in [0.2, 0.25) is 0 Å². The number of rotatable bonds is 1. The highest BCUT2D eigenvalue weighted by atomic mass is 79.9. The van der Waals surface area contributed by atoms with E-state index >= 15 is 0 Å². The molecule has 0 atom stereocenters. The number of aromatic hydroxyl groups is 2. The van der Waals surface area contributed by atoms with E-state index in [0.717, 1.165) is 5.56 Å². The first-order valence-electron chi connectivity index (χ1n) is 3.73. The Balaban J connectivity index is 3.28. The first-order valence-corrected chi connectivity index (χ1v) is 4.53. The second-order valence-electron chi connectivity index (χ2n) is 3.02. The predicted octanol–water partition coefficient (Wildman–Crippen LogP) is 2.98. The summed E-state index contributed by atoms with van der Waals surface area (Å²) in [6.07, 6.45) is 0. The van der Waals surface area contributed by atoms with Crippen LogP contribution in [0.5, 0.6) is 11.5 Å². The lowest BCUT2D eigenvalue weighted by Crippen LogP contribution is -1.88. The van der Waals surface area contributed by atoms with Gasteiger partial charge in [0.2, 0.25) is 0 Å². The normalized spacial score (nSPS) is 10.7. The molecular formula is C9H11BrO2. The van der Waals surface area contributed by atoms with Gasteiger partial charge in [-0.25, -0.2) is 0 Å². The number of halogens is 1. The van der Waals surface area contributed by atoms with Gasteiger partial charge in [-0.2, -0.15) is 0 Å². The van der Waals surface area contributed by atoms with Crippen molar-refractivity contribution in [3.05, 3.63) is 22.2 Å². The zero-order valence-electron chi connectivity index (χ0n) is 7.00. The summed E-state index contributed by atoms with van der Waals surface area (Å²) in [5, 5.41) is 18.8. The van der Waals surface area contributed by atoms with Gasteiger partial charge >= 0.3 is 0 Å². The first-order chi connectivity index (χ1) is 5.52. The van der Waals surface area contributed by atoms with E-state index in [0.29, 0.717) is 4.47 Å². The first kappa shape index (κ1) is 9.39. The third-order valence-electron chi connectivity index (χ3n) is 1.70. The quantitative estimate of drug-likeness (QED) is 0.729. The van der Waals surface area contributed by atoms with Gasteiger partial charge in [0.15, 0.2) is 0 Å². The molecular weight excluding hydrogens is 220 g/mol. The maximum atomic E-state index is 9.53. The summed E-state index contributed by atoms with van der Waals surface area (Å²) < 4.78 is 0.534. The topological polar surface area (TPSA) is 40.5 Å². The Labute approximate surface area is 80.0 Å². The fourth-order valence-corrected chi connectivity index (χ4v) is 1.51. The molecule has 0 saturated heterocycles. The van der Waals surface area contributed by atoms with Crippen LogP contribution in [0.4, 0.5) is 0 Å². The molecule has 0 bridgehead atoms. The van der Waals surface area contributed by atoms with Crippen LogP contribution in [-0.2, 0) is 0 Å². The molecule has 1 aromatic rings. The van der Waals surface area contributed by atoms with Crippen molar-refractivity contribution in [1.82, 2.24) is 0 Å². The predicted molar refractivity (Wildman–Crippen MR) is 51.6 cm³/mol. The minimum atomic E-state index is 0.170. The molecule has 3 heteroatoms. The van der Waals surface area contributed by atoms with Crippen molar-refractivity contribution < 1.29 is 10.2 Å². The van der Waals surface area contributed by atoms with Crippen LogP contribution in [0.25, 0.3) is 0 Å². The molecule has 2 nitrogen and oxygen atoms in total. The average Bonchev–Trinajstić information content (AvgIpc) is 1.96. The highest BCUT2D eigenvalue weighted by Gasteiger charge is 2.10. The summed E-state index contributed by atoms with van der Waals surface area (Å²) >= 11 is 3.16. The molecule has 12 heavy (non-hydrogen) atoms. The van der Waals surface area contributed by atoms with E-state index in [1.807, 2.05) is 13.8 Å². The molecule has 0 aromatic heterocycles. The van der Waals surface area contributed by atoms with E-state index in [2.05, 4.69) is 15.9 Å². The molecule has 0 spiro atoms. The molecule has 0 fully saturated rings. The van der Waals surface area contributed by atoms with E-state index < -0.39 is 0 Å². The van der Waals surface area contributed by atoms with Crippen molar-refractivity contribution in [2.45, 2.75) is 19.8 Å². The number of phenolic OH excluding ortho intramolecular Hbond substituents is 2. The zero-order chi connectivity index (χ0) is 9.30. The Morgan fingerprint density at radius 2 is 1.83 bits per heavy atom. The highest BCUT2D eigenvalue weighted by molar-refractivity contribution is 9.10. The van der Waals surface area contributed by atoms with E-state index in [9.17, 15) is 10.2 Å². The van der Waals surface area contributed by atoms with E-state index in [1.54, 1.807) is 6.07 Å². The Morgan fingerprint density at radius 1 is 1.25 bits per heavy atom. The maximum absolute atomic E-state index is 9.53.